The van der Waals surface area contributed by atoms with Gasteiger partial charge in [0.05, 0.1) is 19.8 Å². The number of hydrogen-bond acceptors (Lipinski definition) is 17. The van der Waals surface area contributed by atoms with Crippen LogP contribution in [-0.2, 0) is 33.6 Å². The van der Waals surface area contributed by atoms with Crippen LogP contribution in [0.3, 0.4) is 0 Å². The van der Waals surface area contributed by atoms with Crippen molar-refractivity contribution >= 4 is 39.4 Å². The molecule has 0 aromatic rings. The van der Waals surface area contributed by atoms with Crippen molar-refractivity contribution in [3.8, 4) is 0 Å². The first-order valence-electron chi connectivity index (χ1n) is 22.7. The van der Waals surface area contributed by atoms with Crippen molar-refractivity contribution in [2.75, 3.05) is 19.8 Å². The molecule has 17 nitrogen and oxygen atoms in total. The Morgan fingerprint density at radius 3 is 1.31 bits per heavy atom. The average molecular weight is 938 g/mol. The van der Waals surface area contributed by atoms with Gasteiger partial charge in [-0.15, -0.1) is 0 Å². The zero-order valence-electron chi connectivity index (χ0n) is 38.1. The van der Waals surface area contributed by atoms with Crippen LogP contribution in [0.1, 0.15) is 181 Å². The van der Waals surface area contributed by atoms with Crippen LogP contribution in [-0.4, -0.2) is 164 Å². The Hall–Kier alpha value is 0.666. The third kappa shape index (κ3) is 34.0. The van der Waals surface area contributed by atoms with Gasteiger partial charge in [-0.05, 0) is 19.3 Å². The molecule has 0 aromatic heterocycles. The van der Waals surface area contributed by atoms with E-state index >= 15 is 0 Å². The van der Waals surface area contributed by atoms with Gasteiger partial charge in [-0.3, -0.25) is 4.18 Å². The first kappa shape index (κ1) is 66.9. The number of aliphatic hydroxyl groups is 8. The molecule has 8 N–H and O–H groups in total. The smallest absolute Gasteiger partial charge is 0.726 e. The standard InChI is InChI=1S/C18H36O2.C12H22O11.C12H26O4S.Mg.Na/c1-2-3-4-5-6-7-8-9-10-11-12-13-14-15-16-17-18(19)20;13-1-3-5(15)6(16)9(19)12(22-3)23-10-4(2-14)21-11(20)8(18)7(10)17;1-2-3-4-5-6-7-8-9-10-11-12-16-17(13,14)15;;/h2-17H2,1H3,(H,19,20);3-20H,1-2H2;2-12H2,1H3,(H,13,14,15);;/q;;;+2;+1/p-2/t;3-,4-,5+,6+,7-,8-,9-,10-,11?,12+;;;/m.1.../s1. The van der Waals surface area contributed by atoms with Gasteiger partial charge < -0.3 is 69.5 Å². The molecule has 0 bridgehead atoms. The Bertz CT molecular complexity index is 1110. The molecule has 360 valence electrons. The Morgan fingerprint density at radius 1 is 0.548 bits per heavy atom. The predicted octanol–water partition coefficient (Wildman–Crippen LogP) is -0.392. The van der Waals surface area contributed by atoms with E-state index in [-0.39, 0.29) is 65.6 Å². The van der Waals surface area contributed by atoms with Gasteiger partial charge in [0.1, 0.15) is 48.8 Å². The third-order valence-electron chi connectivity index (χ3n) is 10.7. The largest absolute Gasteiger partial charge is 2.00 e. The van der Waals surface area contributed by atoms with Crippen LogP contribution >= 0.6 is 0 Å². The summed E-state index contributed by atoms with van der Waals surface area (Å²) in [7, 11) is -4.48. The van der Waals surface area contributed by atoms with Gasteiger partial charge in [-0.2, -0.15) is 0 Å². The van der Waals surface area contributed by atoms with Crippen LogP contribution in [0.4, 0.5) is 0 Å². The van der Waals surface area contributed by atoms with E-state index in [9.17, 15) is 58.6 Å². The summed E-state index contributed by atoms with van der Waals surface area (Å²) in [5, 5.41) is 86.7. The van der Waals surface area contributed by atoms with E-state index in [1.165, 1.54) is 128 Å². The molecule has 1 unspecified atom stereocenters. The molecule has 62 heavy (non-hydrogen) atoms. The van der Waals surface area contributed by atoms with Crippen molar-refractivity contribution in [3.05, 3.63) is 0 Å². The van der Waals surface area contributed by atoms with Gasteiger partial charge in [0, 0.05) is 5.97 Å². The molecule has 2 saturated heterocycles. The third-order valence-corrected chi connectivity index (χ3v) is 11.1. The minimum Gasteiger partial charge on any atom is -0.726 e. The molecule has 0 radical (unpaired) electrons. The monoisotopic (exact) mass is 938 g/mol. The molecule has 2 fully saturated rings. The van der Waals surface area contributed by atoms with E-state index < -0.39 is 91.0 Å². The minimum absolute atomic E-state index is 0. The normalized spacial score (nSPS) is 25.9. The maximum Gasteiger partial charge on any atom is 2.00 e. The number of aliphatic carboxylic acids is 1. The summed E-state index contributed by atoms with van der Waals surface area (Å²) in [5.74, 6) is -0.903. The topological polar surface area (TPSA) is 296 Å². The van der Waals surface area contributed by atoms with E-state index in [0.717, 1.165) is 25.7 Å². The molecular weight excluding hydrogens is 856 g/mol. The second kappa shape index (κ2) is 43.0. The number of rotatable bonds is 32. The molecule has 0 aliphatic carbocycles. The van der Waals surface area contributed by atoms with E-state index in [2.05, 4.69) is 18.0 Å². The molecule has 2 aliphatic rings. The van der Waals surface area contributed by atoms with E-state index in [1.807, 2.05) is 0 Å². The minimum atomic E-state index is -4.48. The molecule has 0 aromatic carbocycles. The summed E-state index contributed by atoms with van der Waals surface area (Å²) in [6.07, 6.45) is 16.0. The zero-order valence-corrected chi connectivity index (χ0v) is 42.4. The van der Waals surface area contributed by atoms with Crippen LogP contribution in [0.25, 0.3) is 0 Å². The van der Waals surface area contributed by atoms with Crippen LogP contribution in [0.5, 0.6) is 0 Å². The van der Waals surface area contributed by atoms with Gasteiger partial charge in [0.25, 0.3) is 0 Å². The van der Waals surface area contributed by atoms with Gasteiger partial charge in [-0.25, -0.2) is 8.42 Å². The number of aliphatic hydroxyl groups excluding tert-OH is 8. The maximum atomic E-state index is 10.2. The molecular formula is C42H82MgNaO17S+. The number of carboxylic acids is 1. The van der Waals surface area contributed by atoms with Crippen molar-refractivity contribution < 1.29 is 112 Å². The Kier molecular flexibility index (Phi) is 46.4. The summed E-state index contributed by atoms with van der Waals surface area (Å²) in [4.78, 5) is 10.2. The Labute approximate surface area is 410 Å². The van der Waals surface area contributed by atoms with Crippen molar-refractivity contribution in [2.45, 2.75) is 242 Å². The molecule has 0 amide bonds. The first-order chi connectivity index (χ1) is 28.6. The molecule has 2 rings (SSSR count). The molecule has 2 aliphatic heterocycles. The molecule has 20 heteroatoms. The van der Waals surface area contributed by atoms with Gasteiger partial charge in [0.2, 0.25) is 10.4 Å². The zero-order chi connectivity index (χ0) is 45.2. The summed E-state index contributed by atoms with van der Waals surface area (Å²) in [5.41, 5.74) is 0. The first-order valence-corrected chi connectivity index (χ1v) is 24.0. The maximum absolute atomic E-state index is 10.2. The second-order valence-electron chi connectivity index (χ2n) is 16.0. The molecule has 0 saturated carbocycles. The Morgan fingerprint density at radius 2 is 0.935 bits per heavy atom. The van der Waals surface area contributed by atoms with Crippen LogP contribution in [0.2, 0.25) is 0 Å². The van der Waals surface area contributed by atoms with Gasteiger partial charge in [-0.1, -0.05) is 162 Å². The number of carbonyl (C=O) groups is 1. The van der Waals surface area contributed by atoms with Crippen molar-refractivity contribution in [2.24, 2.45) is 0 Å². The number of ether oxygens (including phenoxy) is 3. The van der Waals surface area contributed by atoms with Crippen molar-refractivity contribution in [1.29, 1.82) is 0 Å². The number of carbonyl (C=O) groups excluding carboxylic acids is 1. The summed E-state index contributed by atoms with van der Waals surface area (Å²) in [6, 6.07) is 0. The van der Waals surface area contributed by atoms with Gasteiger partial charge >= 0.3 is 52.6 Å². The van der Waals surface area contributed by atoms with E-state index in [4.69, 9.17) is 19.3 Å². The number of hydrogen-bond donors (Lipinski definition) is 8. The number of unbranched alkanes of at least 4 members (excludes halogenated alkanes) is 23. The van der Waals surface area contributed by atoms with Crippen molar-refractivity contribution in [1.82, 2.24) is 0 Å². The number of carboxylic acid groups (broad SMARTS) is 1. The fourth-order valence-electron chi connectivity index (χ4n) is 6.96. The van der Waals surface area contributed by atoms with Crippen molar-refractivity contribution in [3.63, 3.8) is 0 Å². The molecule has 0 spiro atoms. The average Bonchev–Trinajstić information content (AvgIpc) is 3.21. The SMILES string of the molecule is CCCCCCCCCCCCCCCCCC(=O)[O-].CCCCCCCCCCCCOS(=O)(=O)[O-].OC[C@H]1O[C@@H](O[C@H]2[C@H](O)[C@@H](O)C(O)O[C@@H]2CO)[C@H](O)[C@@H](O)[C@H]1O.[Mg+2].[Na+]. The fourth-order valence-corrected chi connectivity index (χ4v) is 7.28. The molecule has 2 heterocycles. The van der Waals surface area contributed by atoms with E-state index in [1.54, 1.807) is 0 Å². The van der Waals surface area contributed by atoms with E-state index in [0.29, 0.717) is 6.42 Å². The van der Waals surface area contributed by atoms with Gasteiger partial charge in [0.15, 0.2) is 12.6 Å². The quantitative estimate of drug-likeness (QED) is 0.0184. The summed E-state index contributed by atoms with van der Waals surface area (Å²) < 4.78 is 49.7. The summed E-state index contributed by atoms with van der Waals surface area (Å²) >= 11 is 0. The Balaban J connectivity index is -0.000000840. The molecule has 10 atom stereocenters. The summed E-state index contributed by atoms with van der Waals surface area (Å²) in [6.45, 7) is 3.16. The fraction of sp³-hybridized carbons (Fsp3) is 0.976. The van der Waals surface area contributed by atoms with Crippen LogP contribution in [0, 0.1) is 0 Å². The van der Waals surface area contributed by atoms with Crippen LogP contribution in [0.15, 0.2) is 0 Å². The predicted molar refractivity (Wildman–Crippen MR) is 226 cm³/mol. The second-order valence-corrected chi connectivity index (χ2v) is 17.1. The van der Waals surface area contributed by atoms with Crippen LogP contribution < -0.4 is 34.7 Å².